The molecule has 0 saturated carbocycles. The van der Waals surface area contributed by atoms with E-state index in [0.717, 1.165) is 13.2 Å². The second-order valence-electron chi connectivity index (χ2n) is 2.74. The van der Waals surface area contributed by atoms with E-state index in [9.17, 15) is 22.8 Å². The van der Waals surface area contributed by atoms with Crippen LogP contribution in [0, 0.1) is 0 Å². The normalized spacial score (nSPS) is 11.0. The van der Waals surface area contributed by atoms with Gasteiger partial charge in [0, 0.05) is 0 Å². The predicted molar refractivity (Wildman–Crippen MR) is 46.0 cm³/mol. The van der Waals surface area contributed by atoms with Crippen LogP contribution < -0.4 is 0 Å². The number of hydrogen-bond donors (Lipinski definition) is 0. The number of ether oxygens (including phenoxy) is 1. The number of carbonyl (C=O) groups is 2. The molecule has 0 atom stereocenters. The summed E-state index contributed by atoms with van der Waals surface area (Å²) in [5.74, 6) is -0.914. The number of aldehydes is 1. The quantitative estimate of drug-likeness (QED) is 0.576. The van der Waals surface area contributed by atoms with Gasteiger partial charge in [-0.2, -0.15) is 13.2 Å². The maximum atomic E-state index is 12.2. The lowest BCUT2D eigenvalue weighted by Crippen LogP contribution is -2.13. The zero-order chi connectivity index (χ0) is 12.3. The molecule has 0 fully saturated rings. The van der Waals surface area contributed by atoms with Crippen molar-refractivity contribution in [3.8, 4) is 0 Å². The van der Waals surface area contributed by atoms with E-state index in [1.165, 1.54) is 0 Å². The first-order chi connectivity index (χ1) is 7.40. The van der Waals surface area contributed by atoms with Gasteiger partial charge in [0.2, 0.25) is 0 Å². The number of rotatable bonds is 2. The average molecular weight is 233 g/mol. The van der Waals surface area contributed by atoms with Crippen LogP contribution in [0.5, 0.6) is 0 Å². The molecule has 4 nitrogen and oxygen atoms in total. The summed E-state index contributed by atoms with van der Waals surface area (Å²) >= 11 is 0. The highest BCUT2D eigenvalue weighted by Gasteiger charge is 2.33. The van der Waals surface area contributed by atoms with E-state index in [2.05, 4.69) is 9.72 Å². The lowest BCUT2D eigenvalue weighted by molar-refractivity contribution is -0.141. The minimum absolute atomic E-state index is 0.0709. The first-order valence-electron chi connectivity index (χ1n) is 4.02. The SMILES string of the molecule is COC(=O)c1ccc(C(F)(F)F)nc1C=O. The van der Waals surface area contributed by atoms with Gasteiger partial charge >= 0.3 is 12.1 Å². The number of hydrogen-bond acceptors (Lipinski definition) is 4. The fourth-order valence-corrected chi connectivity index (χ4v) is 1.01. The van der Waals surface area contributed by atoms with Crippen molar-refractivity contribution < 1.29 is 27.5 Å². The van der Waals surface area contributed by atoms with E-state index in [1.807, 2.05) is 0 Å². The summed E-state index contributed by atoms with van der Waals surface area (Å²) in [6, 6.07) is 1.46. The number of carbonyl (C=O) groups excluding carboxylic acids is 2. The van der Waals surface area contributed by atoms with Crippen LogP contribution in [0.15, 0.2) is 12.1 Å². The van der Waals surface area contributed by atoms with Gasteiger partial charge in [0.15, 0.2) is 6.29 Å². The van der Waals surface area contributed by atoms with Crippen molar-refractivity contribution >= 4 is 12.3 Å². The van der Waals surface area contributed by atoms with Crippen LogP contribution >= 0.6 is 0 Å². The summed E-state index contributed by atoms with van der Waals surface area (Å²) in [4.78, 5) is 24.6. The Morgan fingerprint density at radius 2 is 2.06 bits per heavy atom. The van der Waals surface area contributed by atoms with E-state index in [4.69, 9.17) is 0 Å². The Bertz CT molecular complexity index is 428. The molecule has 0 N–H and O–H groups in total. The summed E-state index contributed by atoms with van der Waals surface area (Å²) < 4.78 is 41.0. The Kier molecular flexibility index (Phi) is 3.26. The summed E-state index contributed by atoms with van der Waals surface area (Å²) in [5.41, 5.74) is -2.13. The Hall–Kier alpha value is -1.92. The predicted octanol–water partition coefficient (Wildman–Crippen LogP) is 1.70. The van der Waals surface area contributed by atoms with Crippen LogP contribution in [0.3, 0.4) is 0 Å². The highest BCUT2D eigenvalue weighted by Crippen LogP contribution is 2.28. The summed E-state index contributed by atoms with van der Waals surface area (Å²) in [7, 11) is 1.05. The van der Waals surface area contributed by atoms with Crippen molar-refractivity contribution in [2.45, 2.75) is 6.18 Å². The Balaban J connectivity index is 3.27. The molecule has 0 amide bonds. The lowest BCUT2D eigenvalue weighted by Gasteiger charge is -2.07. The maximum Gasteiger partial charge on any atom is 0.433 e. The van der Waals surface area contributed by atoms with Crippen molar-refractivity contribution in [3.63, 3.8) is 0 Å². The molecule has 0 aromatic carbocycles. The molecule has 0 spiro atoms. The molecule has 1 heterocycles. The van der Waals surface area contributed by atoms with Crippen LogP contribution in [-0.4, -0.2) is 24.3 Å². The molecule has 86 valence electrons. The summed E-state index contributed by atoms with van der Waals surface area (Å²) in [6.45, 7) is 0. The van der Waals surface area contributed by atoms with Crippen molar-refractivity contribution in [1.82, 2.24) is 4.98 Å². The van der Waals surface area contributed by atoms with Gasteiger partial charge in [-0.25, -0.2) is 9.78 Å². The van der Waals surface area contributed by atoms with Crippen molar-refractivity contribution in [3.05, 3.63) is 29.1 Å². The van der Waals surface area contributed by atoms with Gasteiger partial charge < -0.3 is 4.74 Å². The number of aromatic nitrogens is 1. The molecule has 1 aromatic heterocycles. The van der Waals surface area contributed by atoms with Gasteiger partial charge in [0.05, 0.1) is 12.7 Å². The topological polar surface area (TPSA) is 56.3 Å². The highest BCUT2D eigenvalue weighted by atomic mass is 19.4. The molecule has 0 aliphatic rings. The second-order valence-corrected chi connectivity index (χ2v) is 2.74. The summed E-state index contributed by atoms with van der Waals surface area (Å²) in [5, 5.41) is 0. The fourth-order valence-electron chi connectivity index (χ4n) is 1.01. The van der Waals surface area contributed by atoms with Crippen LogP contribution in [-0.2, 0) is 10.9 Å². The van der Waals surface area contributed by atoms with E-state index < -0.39 is 23.5 Å². The van der Waals surface area contributed by atoms with Gasteiger partial charge in [0.1, 0.15) is 11.4 Å². The van der Waals surface area contributed by atoms with Crippen molar-refractivity contribution in [1.29, 1.82) is 0 Å². The van der Waals surface area contributed by atoms with Crippen LogP contribution in [0.2, 0.25) is 0 Å². The monoisotopic (exact) mass is 233 g/mol. The molecule has 0 aliphatic heterocycles. The van der Waals surface area contributed by atoms with Gasteiger partial charge in [-0.1, -0.05) is 0 Å². The maximum absolute atomic E-state index is 12.2. The molecule has 0 radical (unpaired) electrons. The van der Waals surface area contributed by atoms with Gasteiger partial charge in [-0.3, -0.25) is 4.79 Å². The third kappa shape index (κ3) is 2.36. The Morgan fingerprint density at radius 1 is 1.44 bits per heavy atom. The molecular formula is C9H6F3NO3. The molecule has 16 heavy (non-hydrogen) atoms. The first kappa shape index (κ1) is 12.2. The third-order valence-electron chi connectivity index (χ3n) is 1.73. The zero-order valence-corrected chi connectivity index (χ0v) is 8.04. The molecule has 7 heteroatoms. The van der Waals surface area contributed by atoms with Gasteiger partial charge in [0.25, 0.3) is 0 Å². The smallest absolute Gasteiger partial charge is 0.433 e. The third-order valence-corrected chi connectivity index (χ3v) is 1.73. The van der Waals surface area contributed by atoms with E-state index in [1.54, 1.807) is 0 Å². The summed E-state index contributed by atoms with van der Waals surface area (Å²) in [6.07, 6.45) is -4.59. The Labute approximate surface area is 88.0 Å². The highest BCUT2D eigenvalue weighted by molar-refractivity contribution is 5.96. The zero-order valence-electron chi connectivity index (χ0n) is 8.04. The Morgan fingerprint density at radius 3 is 2.50 bits per heavy atom. The van der Waals surface area contributed by atoms with Crippen LogP contribution in [0.25, 0.3) is 0 Å². The van der Waals surface area contributed by atoms with Crippen LogP contribution in [0.1, 0.15) is 26.5 Å². The first-order valence-corrected chi connectivity index (χ1v) is 4.02. The fraction of sp³-hybridized carbons (Fsp3) is 0.222. The minimum atomic E-state index is -4.66. The number of esters is 1. The molecule has 1 rings (SSSR count). The van der Waals surface area contributed by atoms with Gasteiger partial charge in [-0.15, -0.1) is 0 Å². The number of halogens is 3. The second kappa shape index (κ2) is 4.30. The largest absolute Gasteiger partial charge is 0.465 e. The number of pyridine rings is 1. The molecule has 0 saturated heterocycles. The van der Waals surface area contributed by atoms with E-state index in [0.29, 0.717) is 6.07 Å². The standard InChI is InChI=1S/C9H6F3NO3/c1-16-8(15)5-2-3-7(9(10,11)12)13-6(5)4-14/h2-4H,1H3. The molecular weight excluding hydrogens is 227 g/mol. The lowest BCUT2D eigenvalue weighted by atomic mass is 10.2. The molecule has 0 aliphatic carbocycles. The van der Waals surface area contributed by atoms with Crippen LogP contribution in [0.4, 0.5) is 13.2 Å². The molecule has 0 bridgehead atoms. The van der Waals surface area contributed by atoms with Crippen molar-refractivity contribution in [2.24, 2.45) is 0 Å². The van der Waals surface area contributed by atoms with Gasteiger partial charge in [-0.05, 0) is 12.1 Å². The minimum Gasteiger partial charge on any atom is -0.465 e. The number of alkyl halides is 3. The number of nitrogens with zero attached hydrogens (tertiary/aromatic N) is 1. The molecule has 0 unspecified atom stereocenters. The van der Waals surface area contributed by atoms with E-state index in [-0.39, 0.29) is 11.8 Å². The van der Waals surface area contributed by atoms with E-state index >= 15 is 0 Å². The molecule has 1 aromatic rings. The average Bonchev–Trinajstić information content (AvgIpc) is 2.26. The number of methoxy groups -OCH3 is 1. The van der Waals surface area contributed by atoms with Crippen molar-refractivity contribution in [2.75, 3.05) is 7.11 Å².